The Labute approximate surface area is 198 Å². The Morgan fingerprint density at radius 2 is 1.08 bits per heavy atom. The average Bonchev–Trinajstić information content (AvgIpc) is 3.34. The van der Waals surface area contributed by atoms with Crippen molar-refractivity contribution in [2.45, 2.75) is 108 Å². The summed E-state index contributed by atoms with van der Waals surface area (Å²) in [5, 5.41) is 0. The molecule has 0 atom stereocenters. The Kier molecular flexibility index (Phi) is 9.73. The van der Waals surface area contributed by atoms with Crippen molar-refractivity contribution < 1.29 is 19.4 Å². The van der Waals surface area contributed by atoms with Crippen molar-refractivity contribution in [2.24, 2.45) is 0 Å². The number of halogens is 2. The summed E-state index contributed by atoms with van der Waals surface area (Å²) in [6.07, 6.45) is 24.5. The minimum atomic E-state index is 0.774. The zero-order valence-corrected chi connectivity index (χ0v) is 22.3. The molecule has 1 aromatic heterocycles. The Balaban J connectivity index is 0.000000206. The maximum atomic E-state index is 2.55. The number of imidazole rings is 1. The van der Waals surface area contributed by atoms with Crippen molar-refractivity contribution in [3.8, 4) is 0 Å². The van der Waals surface area contributed by atoms with Gasteiger partial charge in [0, 0.05) is 51.8 Å². The van der Waals surface area contributed by atoms with Gasteiger partial charge in [-0.15, -0.1) is 0 Å². The first-order valence-corrected chi connectivity index (χ1v) is 13.6. The van der Waals surface area contributed by atoms with Gasteiger partial charge in [-0.25, -0.2) is 0 Å². The topological polar surface area (TPSA) is 13.1 Å². The molecule has 1 heterocycles. The second-order valence-corrected chi connectivity index (χ2v) is 13.1. The molecule has 4 rings (SSSR count). The maximum absolute atomic E-state index is 2.55. The first-order valence-electron chi connectivity index (χ1n) is 10.5. The molecule has 0 spiro atoms. The molecule has 0 amide bonds. The van der Waals surface area contributed by atoms with Crippen molar-refractivity contribution in [3.05, 3.63) is 16.2 Å². The van der Waals surface area contributed by atoms with Gasteiger partial charge in [0.2, 0.25) is 0 Å². The number of hydrogen-bond acceptors (Lipinski definition) is 1. The van der Waals surface area contributed by atoms with E-state index in [1.54, 1.807) is 0 Å². The Morgan fingerprint density at radius 3 is 1.42 bits per heavy atom. The van der Waals surface area contributed by atoms with Crippen LogP contribution in [0.2, 0.25) is 0 Å². The minimum absolute atomic E-state index is 0.774. The van der Waals surface area contributed by atoms with E-state index in [-0.39, 0.29) is 0 Å². The van der Waals surface area contributed by atoms with Gasteiger partial charge in [0.15, 0.2) is 0 Å². The number of rotatable bonds is 3. The predicted molar refractivity (Wildman–Crippen MR) is 122 cm³/mol. The van der Waals surface area contributed by atoms with Gasteiger partial charge >= 0.3 is 121 Å². The van der Waals surface area contributed by atoms with Crippen LogP contribution in [0.3, 0.4) is 0 Å². The zero-order chi connectivity index (χ0) is 18.4. The number of hydrogen-bond donors (Lipinski definition) is 0. The third kappa shape index (κ3) is 6.16. The summed E-state index contributed by atoms with van der Waals surface area (Å²) < 4.78 is 8.85. The summed E-state index contributed by atoms with van der Waals surface area (Å²) in [4.78, 5) is 0. The third-order valence-electron chi connectivity index (χ3n) is 6.32. The fourth-order valence-electron chi connectivity index (χ4n) is 4.73. The molecule has 152 valence electrons. The van der Waals surface area contributed by atoms with Crippen molar-refractivity contribution >= 4 is 45.7 Å². The summed E-state index contributed by atoms with van der Waals surface area (Å²) in [5.74, 6) is 0. The molecule has 3 fully saturated rings. The van der Waals surface area contributed by atoms with Gasteiger partial charge in [-0.2, -0.15) is 1.33 Å². The summed E-state index contributed by atoms with van der Waals surface area (Å²) in [6, 6.07) is 2.42. The van der Waals surface area contributed by atoms with Crippen LogP contribution in [-0.2, 0) is 19.4 Å². The summed E-state index contributed by atoms with van der Waals surface area (Å²) >= 11 is 7.28. The SMILES string of the molecule is IN(I)C1CCCC1.[Pt]=[c]1n(C2CCCCC2)ccn1C1CCCCC1. The number of aromatic nitrogens is 2. The van der Waals surface area contributed by atoms with Crippen molar-refractivity contribution in [3.63, 3.8) is 0 Å². The molecule has 0 bridgehead atoms. The van der Waals surface area contributed by atoms with E-state index in [9.17, 15) is 0 Å². The monoisotopic (exact) mass is 764 g/mol. The second-order valence-electron chi connectivity index (χ2n) is 8.14. The Bertz CT molecular complexity index is 542. The second kappa shape index (κ2) is 11.5. The van der Waals surface area contributed by atoms with Gasteiger partial charge in [0.1, 0.15) is 0 Å². The van der Waals surface area contributed by atoms with Gasteiger partial charge in [0.05, 0.1) is 0 Å². The molecule has 0 saturated heterocycles. The summed E-state index contributed by atoms with van der Waals surface area (Å²) in [5.41, 5.74) is 0. The molecule has 26 heavy (non-hydrogen) atoms. The molecule has 3 saturated carbocycles. The first-order chi connectivity index (χ1) is 12.7. The molecular weight excluding hydrogens is 731 g/mol. The van der Waals surface area contributed by atoms with Crippen LogP contribution in [0.15, 0.2) is 12.4 Å². The first kappa shape index (κ1) is 22.0. The molecule has 0 unspecified atom stereocenters. The van der Waals surface area contributed by atoms with Gasteiger partial charge in [0.25, 0.3) is 0 Å². The van der Waals surface area contributed by atoms with Crippen LogP contribution in [-0.4, -0.2) is 16.5 Å². The molecule has 3 aliphatic rings. The van der Waals surface area contributed by atoms with Crippen LogP contribution < -0.4 is 0 Å². The summed E-state index contributed by atoms with van der Waals surface area (Å²) in [7, 11) is 0. The fourth-order valence-corrected chi connectivity index (χ4v) is 7.01. The molecule has 0 radical (unpaired) electrons. The van der Waals surface area contributed by atoms with Crippen LogP contribution in [0.4, 0.5) is 0 Å². The molecule has 1 aromatic rings. The standard InChI is InChI=1S/C15H24N2.C5H9I2N.Pt/c1-3-7-14(8-4-1)16-11-12-17(13-16)15-9-5-2-6-10-15;6-8(7)5-3-1-2-4-5;/h11-12,14-15H,1-10H2;5H,1-4H2;. The van der Waals surface area contributed by atoms with E-state index in [4.69, 9.17) is 0 Å². The van der Waals surface area contributed by atoms with Crippen LogP contribution in [0.25, 0.3) is 0 Å². The molecule has 3 nitrogen and oxygen atoms in total. The van der Waals surface area contributed by atoms with Crippen LogP contribution in [0.1, 0.15) is 102 Å². The van der Waals surface area contributed by atoms with Crippen LogP contribution in [0, 0.1) is 3.80 Å². The Morgan fingerprint density at radius 1 is 0.692 bits per heavy atom. The molecule has 0 aliphatic heterocycles. The van der Waals surface area contributed by atoms with Gasteiger partial charge in [-0.1, -0.05) is 12.8 Å². The molecule has 0 aromatic carbocycles. The van der Waals surface area contributed by atoms with Crippen molar-refractivity contribution in [2.75, 3.05) is 0 Å². The van der Waals surface area contributed by atoms with Crippen molar-refractivity contribution in [1.82, 2.24) is 10.5 Å². The van der Waals surface area contributed by atoms with E-state index < -0.39 is 0 Å². The fraction of sp³-hybridized carbons (Fsp3) is 0.850. The van der Waals surface area contributed by atoms with E-state index in [2.05, 4.69) is 87.9 Å². The van der Waals surface area contributed by atoms with Gasteiger partial charge in [-0.3, -0.25) is 0 Å². The van der Waals surface area contributed by atoms with E-state index in [0.717, 1.165) is 18.1 Å². The van der Waals surface area contributed by atoms with E-state index in [0.29, 0.717) is 0 Å². The zero-order valence-electron chi connectivity index (χ0n) is 15.7. The third-order valence-corrected chi connectivity index (χ3v) is 9.07. The van der Waals surface area contributed by atoms with Gasteiger partial charge < -0.3 is 0 Å². The van der Waals surface area contributed by atoms with Crippen LogP contribution in [0.5, 0.6) is 0 Å². The normalized spacial score (nSPS) is 23.3. The number of nitrogens with zero attached hydrogens (tertiary/aromatic N) is 3. The predicted octanol–water partition coefficient (Wildman–Crippen LogP) is 7.31. The summed E-state index contributed by atoms with van der Waals surface area (Å²) in [6.45, 7) is 0. The van der Waals surface area contributed by atoms with Gasteiger partial charge in [-0.05, 0) is 12.8 Å². The molecular formula is C20H33I2N3Pt. The van der Waals surface area contributed by atoms with E-state index in [1.807, 2.05) is 0 Å². The van der Waals surface area contributed by atoms with E-state index in [1.165, 1.54) is 93.7 Å². The molecule has 3 aliphatic carbocycles. The average molecular weight is 764 g/mol. The van der Waals surface area contributed by atoms with E-state index >= 15 is 0 Å². The quantitative estimate of drug-likeness (QED) is 0.233. The molecule has 6 heteroatoms. The van der Waals surface area contributed by atoms with Crippen molar-refractivity contribution in [1.29, 1.82) is 0 Å². The molecule has 0 N–H and O–H groups in total. The van der Waals surface area contributed by atoms with Crippen LogP contribution >= 0.6 is 45.7 Å². The Hall–Kier alpha value is 1.32.